The van der Waals surface area contributed by atoms with E-state index in [0.717, 1.165) is 6.54 Å². The first kappa shape index (κ1) is 16.8. The highest BCUT2D eigenvalue weighted by Gasteiger charge is 2.21. The zero-order valence-electron chi connectivity index (χ0n) is 13.7. The first-order valence-electron chi connectivity index (χ1n) is 8.39. The lowest BCUT2D eigenvalue weighted by atomic mass is 9.93. The van der Waals surface area contributed by atoms with Gasteiger partial charge in [0.15, 0.2) is 0 Å². The molecule has 2 rings (SSSR count). The first-order chi connectivity index (χ1) is 10.1. The van der Waals surface area contributed by atoms with Crippen molar-refractivity contribution >= 4 is 21.6 Å². The van der Waals surface area contributed by atoms with Gasteiger partial charge < -0.3 is 10.2 Å². The fraction of sp³-hybridized carbons (Fsp3) is 0.667. The van der Waals surface area contributed by atoms with E-state index < -0.39 is 0 Å². The molecule has 0 saturated heterocycles. The SMILES string of the molecule is CCCNC(C)c1ccc(Br)cc1N(C)C1CCCCC1. The summed E-state index contributed by atoms with van der Waals surface area (Å²) in [6, 6.07) is 7.82. The minimum Gasteiger partial charge on any atom is -0.371 e. The molecule has 118 valence electrons. The molecule has 0 aliphatic heterocycles. The van der Waals surface area contributed by atoms with Crippen molar-refractivity contribution in [2.24, 2.45) is 0 Å². The Bertz CT molecular complexity index is 441. The third-order valence-electron chi connectivity index (χ3n) is 4.66. The van der Waals surface area contributed by atoms with Crippen LogP contribution >= 0.6 is 15.9 Å². The van der Waals surface area contributed by atoms with Crippen molar-refractivity contribution in [3.63, 3.8) is 0 Å². The van der Waals surface area contributed by atoms with Crippen LogP contribution in [-0.4, -0.2) is 19.6 Å². The van der Waals surface area contributed by atoms with Crippen molar-refractivity contribution in [1.29, 1.82) is 0 Å². The standard InChI is InChI=1S/C18H29BrN2/c1-4-12-20-14(2)17-11-10-15(19)13-18(17)21(3)16-8-6-5-7-9-16/h10-11,13-14,16,20H,4-9,12H2,1-3H3. The number of hydrogen-bond donors (Lipinski definition) is 1. The van der Waals surface area contributed by atoms with Crippen LogP contribution in [0, 0.1) is 0 Å². The van der Waals surface area contributed by atoms with E-state index in [1.54, 1.807) is 0 Å². The highest BCUT2D eigenvalue weighted by Crippen LogP contribution is 2.33. The third-order valence-corrected chi connectivity index (χ3v) is 5.16. The molecule has 3 heteroatoms. The van der Waals surface area contributed by atoms with Gasteiger partial charge in [-0.15, -0.1) is 0 Å². The first-order valence-corrected chi connectivity index (χ1v) is 9.18. The summed E-state index contributed by atoms with van der Waals surface area (Å²) < 4.78 is 1.17. The minimum absolute atomic E-state index is 0.402. The van der Waals surface area contributed by atoms with Gasteiger partial charge in [-0.05, 0) is 50.4 Å². The summed E-state index contributed by atoms with van der Waals surface area (Å²) in [4.78, 5) is 2.52. The van der Waals surface area contributed by atoms with E-state index in [0.29, 0.717) is 12.1 Å². The average molecular weight is 353 g/mol. The van der Waals surface area contributed by atoms with Gasteiger partial charge in [-0.25, -0.2) is 0 Å². The lowest BCUT2D eigenvalue weighted by Crippen LogP contribution is -2.34. The van der Waals surface area contributed by atoms with E-state index in [1.165, 1.54) is 54.2 Å². The molecule has 1 N–H and O–H groups in total. The molecule has 0 bridgehead atoms. The van der Waals surface area contributed by atoms with Gasteiger partial charge in [0, 0.05) is 29.3 Å². The second-order valence-electron chi connectivity index (χ2n) is 6.28. The predicted octanol–water partition coefficient (Wildman–Crippen LogP) is 5.28. The van der Waals surface area contributed by atoms with Crippen molar-refractivity contribution in [3.8, 4) is 0 Å². The summed E-state index contributed by atoms with van der Waals surface area (Å²) >= 11 is 3.64. The molecule has 0 radical (unpaired) electrons. The maximum absolute atomic E-state index is 3.64. The Labute approximate surface area is 138 Å². The van der Waals surface area contributed by atoms with Gasteiger partial charge in [0.2, 0.25) is 0 Å². The summed E-state index contributed by atoms with van der Waals surface area (Å²) in [5.41, 5.74) is 2.80. The maximum Gasteiger partial charge on any atom is 0.0425 e. The van der Waals surface area contributed by atoms with Gasteiger partial charge in [0.25, 0.3) is 0 Å². The fourth-order valence-electron chi connectivity index (χ4n) is 3.32. The van der Waals surface area contributed by atoms with E-state index in [2.05, 4.69) is 65.2 Å². The zero-order chi connectivity index (χ0) is 15.2. The summed E-state index contributed by atoms with van der Waals surface area (Å²) in [5, 5.41) is 3.62. The molecule has 0 aromatic heterocycles. The molecule has 1 aliphatic rings. The molecule has 21 heavy (non-hydrogen) atoms. The van der Waals surface area contributed by atoms with Gasteiger partial charge in [0.05, 0.1) is 0 Å². The average Bonchev–Trinajstić information content (AvgIpc) is 2.52. The maximum atomic E-state index is 3.64. The van der Waals surface area contributed by atoms with Gasteiger partial charge >= 0.3 is 0 Å². The molecule has 1 aliphatic carbocycles. The third kappa shape index (κ3) is 4.46. The Morgan fingerprint density at radius 2 is 2.00 bits per heavy atom. The molecule has 0 heterocycles. The minimum atomic E-state index is 0.402. The van der Waals surface area contributed by atoms with E-state index in [9.17, 15) is 0 Å². The highest BCUT2D eigenvalue weighted by atomic mass is 79.9. The monoisotopic (exact) mass is 352 g/mol. The molecule has 1 saturated carbocycles. The second-order valence-corrected chi connectivity index (χ2v) is 7.20. The summed E-state index contributed by atoms with van der Waals surface area (Å²) in [6.07, 6.45) is 8.00. The Morgan fingerprint density at radius 3 is 2.67 bits per heavy atom. The molecule has 0 amide bonds. The molecule has 1 unspecified atom stereocenters. The quantitative estimate of drug-likeness (QED) is 0.749. The van der Waals surface area contributed by atoms with Crippen LogP contribution in [0.1, 0.15) is 64.0 Å². The normalized spacial score (nSPS) is 17.7. The molecule has 1 fully saturated rings. The van der Waals surface area contributed by atoms with Crippen LogP contribution in [0.15, 0.2) is 22.7 Å². The summed E-state index contributed by atoms with van der Waals surface area (Å²) in [7, 11) is 2.27. The highest BCUT2D eigenvalue weighted by molar-refractivity contribution is 9.10. The van der Waals surface area contributed by atoms with Crippen LogP contribution in [0.25, 0.3) is 0 Å². The molecule has 1 aromatic carbocycles. The molecular weight excluding hydrogens is 324 g/mol. The van der Waals surface area contributed by atoms with E-state index in [-0.39, 0.29) is 0 Å². The van der Waals surface area contributed by atoms with E-state index in [4.69, 9.17) is 0 Å². The molecule has 1 aromatic rings. The Kier molecular flexibility index (Phi) is 6.56. The zero-order valence-corrected chi connectivity index (χ0v) is 15.2. The number of halogens is 1. The summed E-state index contributed by atoms with van der Waals surface area (Å²) in [5.74, 6) is 0. The molecule has 2 nitrogen and oxygen atoms in total. The number of hydrogen-bond acceptors (Lipinski definition) is 2. The fourth-order valence-corrected chi connectivity index (χ4v) is 3.67. The van der Waals surface area contributed by atoms with Crippen LogP contribution in [-0.2, 0) is 0 Å². The molecular formula is C18H29BrN2. The van der Waals surface area contributed by atoms with E-state index in [1.807, 2.05) is 0 Å². The number of anilines is 1. The number of benzene rings is 1. The number of nitrogens with one attached hydrogen (secondary N) is 1. The van der Waals surface area contributed by atoms with Gasteiger partial charge in [-0.1, -0.05) is 48.2 Å². The Morgan fingerprint density at radius 1 is 1.29 bits per heavy atom. The van der Waals surface area contributed by atoms with Crippen molar-refractivity contribution < 1.29 is 0 Å². The molecule has 1 atom stereocenters. The second kappa shape index (κ2) is 8.19. The van der Waals surface area contributed by atoms with Crippen LogP contribution < -0.4 is 10.2 Å². The van der Waals surface area contributed by atoms with Crippen LogP contribution in [0.4, 0.5) is 5.69 Å². The van der Waals surface area contributed by atoms with Gasteiger partial charge in [0.1, 0.15) is 0 Å². The van der Waals surface area contributed by atoms with Crippen LogP contribution in [0.2, 0.25) is 0 Å². The topological polar surface area (TPSA) is 15.3 Å². The number of nitrogens with zero attached hydrogens (tertiary/aromatic N) is 1. The largest absolute Gasteiger partial charge is 0.371 e. The van der Waals surface area contributed by atoms with Crippen molar-refractivity contribution in [1.82, 2.24) is 5.32 Å². The summed E-state index contributed by atoms with van der Waals surface area (Å²) in [6.45, 7) is 5.57. The predicted molar refractivity (Wildman–Crippen MR) is 96.1 cm³/mol. The number of rotatable bonds is 6. The van der Waals surface area contributed by atoms with Crippen molar-refractivity contribution in [3.05, 3.63) is 28.2 Å². The lowest BCUT2D eigenvalue weighted by Gasteiger charge is -2.35. The van der Waals surface area contributed by atoms with E-state index >= 15 is 0 Å². The van der Waals surface area contributed by atoms with Crippen LogP contribution in [0.5, 0.6) is 0 Å². The van der Waals surface area contributed by atoms with Crippen molar-refractivity contribution in [2.45, 2.75) is 64.5 Å². The van der Waals surface area contributed by atoms with Crippen LogP contribution in [0.3, 0.4) is 0 Å². The smallest absolute Gasteiger partial charge is 0.0425 e. The van der Waals surface area contributed by atoms with Crippen molar-refractivity contribution in [2.75, 3.05) is 18.5 Å². The van der Waals surface area contributed by atoms with Gasteiger partial charge in [-0.2, -0.15) is 0 Å². The molecule has 0 spiro atoms. The lowest BCUT2D eigenvalue weighted by molar-refractivity contribution is 0.426. The Hall–Kier alpha value is -0.540. The Balaban J connectivity index is 2.21. The van der Waals surface area contributed by atoms with Gasteiger partial charge in [-0.3, -0.25) is 0 Å².